The topological polar surface area (TPSA) is 52.7 Å². The summed E-state index contributed by atoms with van der Waals surface area (Å²) < 4.78 is 0. The number of likely N-dealkylation sites (tertiary alicyclic amines) is 2. The predicted octanol–water partition coefficient (Wildman–Crippen LogP) is 1.83. The van der Waals surface area contributed by atoms with E-state index < -0.39 is 0 Å². The third kappa shape index (κ3) is 3.69. The monoisotopic (exact) mass is 293 g/mol. The molecule has 2 aliphatic heterocycles. The fourth-order valence-electron chi connectivity index (χ4n) is 3.31. The molecule has 0 bridgehead atoms. The van der Waals surface area contributed by atoms with E-state index in [9.17, 15) is 9.59 Å². The molecule has 0 aromatic heterocycles. The van der Waals surface area contributed by atoms with Gasteiger partial charge in [0, 0.05) is 38.1 Å². The van der Waals surface area contributed by atoms with Gasteiger partial charge in [-0.3, -0.25) is 4.79 Å². The average molecular weight is 293 g/mol. The second-order valence-corrected chi connectivity index (χ2v) is 6.99. The molecule has 1 saturated carbocycles. The highest BCUT2D eigenvalue weighted by Crippen LogP contribution is 2.24. The predicted molar refractivity (Wildman–Crippen MR) is 80.8 cm³/mol. The van der Waals surface area contributed by atoms with Crippen molar-refractivity contribution in [2.24, 2.45) is 11.8 Å². The molecule has 2 saturated heterocycles. The highest BCUT2D eigenvalue weighted by molar-refractivity contribution is 5.80. The van der Waals surface area contributed by atoms with E-state index in [4.69, 9.17) is 0 Å². The van der Waals surface area contributed by atoms with Crippen LogP contribution in [0.15, 0.2) is 0 Å². The van der Waals surface area contributed by atoms with Gasteiger partial charge in [-0.05, 0) is 44.4 Å². The molecule has 0 atom stereocenters. The number of nitrogens with zero attached hydrogens (tertiary/aromatic N) is 2. The summed E-state index contributed by atoms with van der Waals surface area (Å²) in [6.45, 7) is 5.54. The Morgan fingerprint density at radius 3 is 2.00 bits per heavy atom. The Labute approximate surface area is 127 Å². The minimum absolute atomic E-state index is 0.0650. The van der Waals surface area contributed by atoms with Crippen LogP contribution >= 0.6 is 0 Å². The molecule has 3 fully saturated rings. The van der Waals surface area contributed by atoms with Crippen LogP contribution in [-0.2, 0) is 4.79 Å². The molecule has 0 unspecified atom stereocenters. The fourth-order valence-corrected chi connectivity index (χ4v) is 3.31. The van der Waals surface area contributed by atoms with Gasteiger partial charge < -0.3 is 15.1 Å². The molecule has 5 nitrogen and oxygen atoms in total. The van der Waals surface area contributed by atoms with E-state index in [-0.39, 0.29) is 11.9 Å². The summed E-state index contributed by atoms with van der Waals surface area (Å²) in [6, 6.07) is 0.474. The van der Waals surface area contributed by atoms with Gasteiger partial charge in [0.05, 0.1) is 0 Å². The molecule has 0 spiro atoms. The Morgan fingerprint density at radius 1 is 0.857 bits per heavy atom. The van der Waals surface area contributed by atoms with E-state index in [1.165, 1.54) is 0 Å². The molecule has 0 radical (unpaired) electrons. The second-order valence-electron chi connectivity index (χ2n) is 6.99. The normalized spacial score (nSPS) is 25.0. The standard InChI is InChI=1S/C16H27N3O2/c1-12-4-8-18(9-5-12)15(20)13-6-10-19(11-7-13)16(21)17-14-2-3-14/h12-14H,2-11H2,1H3,(H,17,21). The summed E-state index contributed by atoms with van der Waals surface area (Å²) >= 11 is 0. The zero-order valence-corrected chi connectivity index (χ0v) is 13.0. The summed E-state index contributed by atoms with van der Waals surface area (Å²) in [4.78, 5) is 28.4. The van der Waals surface area contributed by atoms with Crippen molar-refractivity contribution in [2.75, 3.05) is 26.2 Å². The molecule has 118 valence electrons. The minimum atomic E-state index is 0.0650. The van der Waals surface area contributed by atoms with Crippen LogP contribution in [-0.4, -0.2) is 54.0 Å². The Morgan fingerprint density at radius 2 is 1.43 bits per heavy atom. The van der Waals surface area contributed by atoms with Crippen LogP contribution in [0.1, 0.15) is 45.4 Å². The van der Waals surface area contributed by atoms with Crippen molar-refractivity contribution in [1.82, 2.24) is 15.1 Å². The Kier molecular flexibility index (Phi) is 4.36. The van der Waals surface area contributed by atoms with E-state index in [0.29, 0.717) is 11.9 Å². The van der Waals surface area contributed by atoms with Gasteiger partial charge in [0.1, 0.15) is 0 Å². The molecule has 0 aromatic carbocycles. The SMILES string of the molecule is CC1CCN(C(=O)C2CCN(C(=O)NC3CC3)CC2)CC1. The molecular formula is C16H27N3O2. The van der Waals surface area contributed by atoms with Crippen molar-refractivity contribution in [3.8, 4) is 0 Å². The maximum atomic E-state index is 12.5. The number of nitrogens with one attached hydrogen (secondary N) is 1. The van der Waals surface area contributed by atoms with Crippen LogP contribution in [0, 0.1) is 11.8 Å². The van der Waals surface area contributed by atoms with Crippen molar-refractivity contribution in [2.45, 2.75) is 51.5 Å². The first-order valence-electron chi connectivity index (χ1n) is 8.47. The van der Waals surface area contributed by atoms with Crippen LogP contribution in [0.25, 0.3) is 0 Å². The minimum Gasteiger partial charge on any atom is -0.342 e. The maximum Gasteiger partial charge on any atom is 0.317 e. The maximum absolute atomic E-state index is 12.5. The lowest BCUT2D eigenvalue weighted by Crippen LogP contribution is -2.49. The zero-order valence-electron chi connectivity index (χ0n) is 13.0. The molecule has 3 aliphatic rings. The van der Waals surface area contributed by atoms with Gasteiger partial charge in [-0.1, -0.05) is 6.92 Å². The largest absolute Gasteiger partial charge is 0.342 e. The highest BCUT2D eigenvalue weighted by atomic mass is 16.2. The van der Waals surface area contributed by atoms with Crippen molar-refractivity contribution in [3.05, 3.63) is 0 Å². The third-order valence-corrected chi connectivity index (χ3v) is 5.13. The Bertz CT molecular complexity index is 392. The molecular weight excluding hydrogens is 266 g/mol. The average Bonchev–Trinajstić information content (AvgIpc) is 3.31. The molecule has 3 rings (SSSR count). The molecule has 0 aromatic rings. The van der Waals surface area contributed by atoms with Crippen molar-refractivity contribution >= 4 is 11.9 Å². The number of rotatable bonds is 2. The van der Waals surface area contributed by atoms with Gasteiger partial charge in [0.2, 0.25) is 5.91 Å². The van der Waals surface area contributed by atoms with Crippen molar-refractivity contribution < 1.29 is 9.59 Å². The van der Waals surface area contributed by atoms with Crippen molar-refractivity contribution in [3.63, 3.8) is 0 Å². The van der Waals surface area contributed by atoms with E-state index in [1.807, 2.05) is 9.80 Å². The van der Waals surface area contributed by atoms with E-state index in [1.54, 1.807) is 0 Å². The first-order chi connectivity index (χ1) is 10.1. The summed E-state index contributed by atoms with van der Waals surface area (Å²) in [6.07, 6.45) is 6.15. The van der Waals surface area contributed by atoms with Crippen LogP contribution < -0.4 is 5.32 Å². The lowest BCUT2D eigenvalue weighted by atomic mass is 9.93. The van der Waals surface area contributed by atoms with Crippen LogP contribution in [0.4, 0.5) is 4.79 Å². The third-order valence-electron chi connectivity index (χ3n) is 5.13. The Balaban J connectivity index is 1.44. The molecule has 2 heterocycles. The van der Waals surface area contributed by atoms with E-state index >= 15 is 0 Å². The van der Waals surface area contributed by atoms with Gasteiger partial charge in [-0.2, -0.15) is 0 Å². The number of piperidine rings is 2. The number of urea groups is 1. The summed E-state index contributed by atoms with van der Waals surface area (Å²) in [7, 11) is 0. The van der Waals surface area contributed by atoms with E-state index in [0.717, 1.165) is 70.6 Å². The van der Waals surface area contributed by atoms with Crippen LogP contribution in [0.2, 0.25) is 0 Å². The molecule has 1 N–H and O–H groups in total. The molecule has 1 aliphatic carbocycles. The summed E-state index contributed by atoms with van der Waals surface area (Å²) in [5.74, 6) is 1.20. The first-order valence-corrected chi connectivity index (χ1v) is 8.47. The smallest absolute Gasteiger partial charge is 0.317 e. The highest BCUT2D eigenvalue weighted by Gasteiger charge is 2.32. The van der Waals surface area contributed by atoms with Gasteiger partial charge in [0.15, 0.2) is 0 Å². The molecule has 3 amide bonds. The van der Waals surface area contributed by atoms with Crippen LogP contribution in [0.3, 0.4) is 0 Å². The summed E-state index contributed by atoms with van der Waals surface area (Å²) in [5, 5.41) is 3.03. The molecule has 5 heteroatoms. The zero-order chi connectivity index (χ0) is 14.8. The van der Waals surface area contributed by atoms with Gasteiger partial charge in [-0.25, -0.2) is 4.79 Å². The number of carbonyl (C=O) groups excluding carboxylic acids is 2. The molecule has 21 heavy (non-hydrogen) atoms. The lowest BCUT2D eigenvalue weighted by molar-refractivity contribution is -0.138. The van der Waals surface area contributed by atoms with Crippen LogP contribution in [0.5, 0.6) is 0 Å². The Hall–Kier alpha value is -1.26. The van der Waals surface area contributed by atoms with Crippen molar-refractivity contribution in [1.29, 1.82) is 0 Å². The van der Waals surface area contributed by atoms with E-state index in [2.05, 4.69) is 12.2 Å². The van der Waals surface area contributed by atoms with Gasteiger partial charge in [-0.15, -0.1) is 0 Å². The summed E-state index contributed by atoms with van der Waals surface area (Å²) in [5.41, 5.74) is 0. The van der Waals surface area contributed by atoms with Gasteiger partial charge >= 0.3 is 6.03 Å². The first kappa shape index (κ1) is 14.7. The second kappa shape index (κ2) is 6.24. The number of carbonyl (C=O) groups is 2. The van der Waals surface area contributed by atoms with Gasteiger partial charge in [0.25, 0.3) is 0 Å². The number of amides is 3. The fraction of sp³-hybridized carbons (Fsp3) is 0.875. The number of hydrogen-bond acceptors (Lipinski definition) is 2. The quantitative estimate of drug-likeness (QED) is 0.844. The number of hydrogen-bond donors (Lipinski definition) is 1. The lowest BCUT2D eigenvalue weighted by Gasteiger charge is -2.36.